The molecule has 0 spiro atoms. The number of benzene rings is 2. The van der Waals surface area contributed by atoms with Crippen LogP contribution in [0.2, 0.25) is 0 Å². The number of hydrogen-bond acceptors (Lipinski definition) is 5. The van der Waals surface area contributed by atoms with E-state index in [0.29, 0.717) is 27.6 Å². The predicted octanol–water partition coefficient (Wildman–Crippen LogP) is 4.94. The average molecular weight is 487 g/mol. The first kappa shape index (κ1) is 21.6. The lowest BCUT2D eigenvalue weighted by molar-refractivity contribution is -0.113. The maximum Gasteiger partial charge on any atom is 0.272 e. The molecule has 1 aromatic heterocycles. The molecule has 30 heavy (non-hydrogen) atoms. The second kappa shape index (κ2) is 10.1. The Bertz CT molecular complexity index is 1060. The van der Waals surface area contributed by atoms with Gasteiger partial charge in [0, 0.05) is 10.2 Å². The van der Waals surface area contributed by atoms with Gasteiger partial charge >= 0.3 is 0 Å². The maximum atomic E-state index is 12.9. The van der Waals surface area contributed by atoms with Gasteiger partial charge in [0.05, 0.1) is 19.1 Å². The lowest BCUT2D eigenvalue weighted by Gasteiger charge is -2.12. The second-order valence-electron chi connectivity index (χ2n) is 6.06. The van der Waals surface area contributed by atoms with Crippen molar-refractivity contribution in [2.75, 3.05) is 19.5 Å². The number of halogens is 1. The van der Waals surface area contributed by atoms with E-state index in [2.05, 4.69) is 26.6 Å². The van der Waals surface area contributed by atoms with Crippen LogP contribution >= 0.6 is 27.3 Å². The van der Waals surface area contributed by atoms with E-state index >= 15 is 0 Å². The van der Waals surface area contributed by atoms with Crippen LogP contribution < -0.4 is 20.1 Å². The van der Waals surface area contributed by atoms with Crippen LogP contribution in [-0.4, -0.2) is 26.0 Å². The summed E-state index contributed by atoms with van der Waals surface area (Å²) in [5.74, 6) is 0.279. The largest absolute Gasteiger partial charge is 0.493 e. The van der Waals surface area contributed by atoms with Crippen LogP contribution in [0.15, 0.2) is 70.1 Å². The summed E-state index contributed by atoms with van der Waals surface area (Å²) >= 11 is 4.66. The molecule has 8 heteroatoms. The van der Waals surface area contributed by atoms with Crippen molar-refractivity contribution in [2.24, 2.45) is 0 Å². The molecule has 3 rings (SSSR count). The molecule has 3 aromatic rings. The second-order valence-corrected chi connectivity index (χ2v) is 7.93. The maximum absolute atomic E-state index is 12.9. The number of anilines is 1. The number of carbonyl (C=O) groups is 2. The van der Waals surface area contributed by atoms with E-state index < -0.39 is 5.91 Å². The van der Waals surface area contributed by atoms with Crippen molar-refractivity contribution in [3.05, 3.63) is 80.6 Å². The van der Waals surface area contributed by atoms with Gasteiger partial charge in [-0.05, 0) is 59.5 Å². The van der Waals surface area contributed by atoms with E-state index in [1.165, 1.54) is 18.4 Å². The molecule has 0 bridgehead atoms. The third-order valence-corrected chi connectivity index (χ3v) is 5.46. The Morgan fingerprint density at radius 3 is 2.37 bits per heavy atom. The Hall–Kier alpha value is -3.10. The van der Waals surface area contributed by atoms with Crippen molar-refractivity contribution in [3.8, 4) is 11.5 Å². The van der Waals surface area contributed by atoms with E-state index in [4.69, 9.17) is 9.47 Å². The Labute approximate surface area is 186 Å². The third-order valence-electron chi connectivity index (χ3n) is 4.06. The van der Waals surface area contributed by atoms with E-state index in [-0.39, 0.29) is 11.6 Å². The van der Waals surface area contributed by atoms with Crippen molar-refractivity contribution in [1.29, 1.82) is 0 Å². The summed E-state index contributed by atoms with van der Waals surface area (Å²) in [5.41, 5.74) is 1.37. The number of rotatable bonds is 7. The SMILES string of the molecule is COc1ccc(/C=C(/NC(=O)c2cccs2)C(=O)Nc2ccc(Br)cc2)cc1OC. The number of amides is 2. The van der Waals surface area contributed by atoms with Crippen molar-refractivity contribution < 1.29 is 19.1 Å². The first-order valence-electron chi connectivity index (χ1n) is 8.85. The fraction of sp³-hybridized carbons (Fsp3) is 0.0909. The molecule has 154 valence electrons. The van der Waals surface area contributed by atoms with Gasteiger partial charge < -0.3 is 20.1 Å². The molecular weight excluding hydrogens is 468 g/mol. The first-order chi connectivity index (χ1) is 14.5. The summed E-state index contributed by atoms with van der Waals surface area (Å²) in [6.07, 6.45) is 1.58. The molecule has 6 nitrogen and oxygen atoms in total. The van der Waals surface area contributed by atoms with Gasteiger partial charge in [-0.1, -0.05) is 28.1 Å². The summed E-state index contributed by atoms with van der Waals surface area (Å²) in [6.45, 7) is 0. The highest BCUT2D eigenvalue weighted by molar-refractivity contribution is 9.10. The van der Waals surface area contributed by atoms with Gasteiger partial charge in [-0.2, -0.15) is 0 Å². The molecule has 0 saturated heterocycles. The summed E-state index contributed by atoms with van der Waals surface area (Å²) in [5, 5.41) is 7.30. The summed E-state index contributed by atoms with van der Waals surface area (Å²) < 4.78 is 11.5. The molecule has 2 aromatic carbocycles. The van der Waals surface area contributed by atoms with E-state index in [9.17, 15) is 9.59 Å². The van der Waals surface area contributed by atoms with Crippen LogP contribution in [0.1, 0.15) is 15.2 Å². The van der Waals surface area contributed by atoms with Crippen LogP contribution in [0.3, 0.4) is 0 Å². The minimum atomic E-state index is -0.447. The average Bonchev–Trinajstić information content (AvgIpc) is 3.30. The highest BCUT2D eigenvalue weighted by Crippen LogP contribution is 2.28. The Morgan fingerprint density at radius 1 is 1.00 bits per heavy atom. The number of methoxy groups -OCH3 is 2. The molecule has 0 atom stereocenters. The molecule has 2 amide bonds. The van der Waals surface area contributed by atoms with Crippen molar-refractivity contribution in [2.45, 2.75) is 0 Å². The summed E-state index contributed by atoms with van der Waals surface area (Å²) in [4.78, 5) is 26.0. The van der Waals surface area contributed by atoms with Crippen LogP contribution in [0.25, 0.3) is 6.08 Å². The fourth-order valence-corrected chi connectivity index (χ4v) is 3.47. The predicted molar refractivity (Wildman–Crippen MR) is 122 cm³/mol. The molecule has 0 radical (unpaired) electrons. The zero-order valence-electron chi connectivity index (χ0n) is 16.3. The van der Waals surface area contributed by atoms with Crippen molar-refractivity contribution >= 4 is 50.8 Å². The van der Waals surface area contributed by atoms with Gasteiger partial charge in [-0.25, -0.2) is 0 Å². The first-order valence-corrected chi connectivity index (χ1v) is 10.5. The number of nitrogens with one attached hydrogen (secondary N) is 2. The van der Waals surface area contributed by atoms with Gasteiger partial charge in [-0.15, -0.1) is 11.3 Å². The summed E-state index contributed by atoms with van der Waals surface area (Å²) in [6, 6.07) is 15.9. The molecule has 0 aliphatic rings. The molecule has 2 N–H and O–H groups in total. The highest BCUT2D eigenvalue weighted by Gasteiger charge is 2.16. The molecule has 0 unspecified atom stereocenters. The number of hydrogen-bond donors (Lipinski definition) is 2. The number of ether oxygens (including phenoxy) is 2. The summed E-state index contributed by atoms with van der Waals surface area (Å²) in [7, 11) is 3.08. The highest BCUT2D eigenvalue weighted by atomic mass is 79.9. The quantitative estimate of drug-likeness (QED) is 0.463. The fourth-order valence-electron chi connectivity index (χ4n) is 2.59. The third kappa shape index (κ3) is 5.49. The van der Waals surface area contributed by atoms with E-state index in [0.717, 1.165) is 4.47 Å². The normalized spacial score (nSPS) is 11.0. The number of carbonyl (C=O) groups excluding carboxylic acids is 2. The van der Waals surface area contributed by atoms with Crippen LogP contribution in [0, 0.1) is 0 Å². The molecular formula is C22H19BrN2O4S. The van der Waals surface area contributed by atoms with Gasteiger partial charge in [0.25, 0.3) is 11.8 Å². The lowest BCUT2D eigenvalue weighted by Crippen LogP contribution is -2.30. The Morgan fingerprint density at radius 2 is 1.73 bits per heavy atom. The van der Waals surface area contributed by atoms with Crippen LogP contribution in [0.5, 0.6) is 11.5 Å². The Balaban J connectivity index is 1.91. The van der Waals surface area contributed by atoms with Gasteiger partial charge in [-0.3, -0.25) is 9.59 Å². The lowest BCUT2D eigenvalue weighted by atomic mass is 10.1. The zero-order chi connectivity index (χ0) is 21.5. The van der Waals surface area contributed by atoms with Crippen molar-refractivity contribution in [1.82, 2.24) is 5.32 Å². The minimum Gasteiger partial charge on any atom is -0.493 e. The van der Waals surface area contributed by atoms with Crippen molar-refractivity contribution in [3.63, 3.8) is 0 Å². The molecule has 0 aliphatic heterocycles. The van der Waals surface area contributed by atoms with Crippen LogP contribution in [0.4, 0.5) is 5.69 Å². The zero-order valence-corrected chi connectivity index (χ0v) is 18.7. The van der Waals surface area contributed by atoms with Gasteiger partial charge in [0.1, 0.15) is 5.70 Å². The molecule has 0 saturated carbocycles. The van der Waals surface area contributed by atoms with E-state index in [1.54, 1.807) is 61.0 Å². The topological polar surface area (TPSA) is 76.7 Å². The van der Waals surface area contributed by atoms with Gasteiger partial charge in [0.15, 0.2) is 11.5 Å². The minimum absolute atomic E-state index is 0.100. The van der Waals surface area contributed by atoms with E-state index in [1.807, 2.05) is 12.1 Å². The number of thiophene rings is 1. The Kier molecular flexibility index (Phi) is 7.26. The standard InChI is InChI=1S/C22H19BrN2O4S/c1-28-18-10-5-14(13-19(18)29-2)12-17(25-22(27)20-4-3-11-30-20)21(26)24-16-8-6-15(23)7-9-16/h3-13H,1-2H3,(H,24,26)(H,25,27)/b17-12+. The smallest absolute Gasteiger partial charge is 0.272 e. The van der Waals surface area contributed by atoms with Crippen LogP contribution in [-0.2, 0) is 4.79 Å². The molecule has 0 aliphatic carbocycles. The molecule has 0 fully saturated rings. The van der Waals surface area contributed by atoms with Gasteiger partial charge in [0.2, 0.25) is 0 Å². The monoisotopic (exact) mass is 486 g/mol. The molecule has 1 heterocycles.